The van der Waals surface area contributed by atoms with Crippen LogP contribution in [0.2, 0.25) is 5.02 Å². The van der Waals surface area contributed by atoms with Crippen molar-refractivity contribution in [3.63, 3.8) is 0 Å². The predicted octanol–water partition coefficient (Wildman–Crippen LogP) is 5.32. The van der Waals surface area contributed by atoms with Gasteiger partial charge in [0.25, 0.3) is 5.91 Å². The van der Waals surface area contributed by atoms with Gasteiger partial charge in [0.15, 0.2) is 0 Å². The van der Waals surface area contributed by atoms with Crippen LogP contribution in [0.15, 0.2) is 47.8 Å². The second-order valence-electron chi connectivity index (χ2n) is 6.75. The van der Waals surface area contributed by atoms with Gasteiger partial charge in [0.1, 0.15) is 28.9 Å². The Balaban J connectivity index is 1.42. The topological polar surface area (TPSA) is 51.2 Å². The SMILES string of the molecule is O=C(NCC1CC1)c1csc(-c2ccc(OCc3cccc(F)c3)cc2Cl)n1. The number of benzene rings is 2. The summed E-state index contributed by atoms with van der Waals surface area (Å²) in [7, 11) is 0. The Morgan fingerprint density at radius 1 is 1.29 bits per heavy atom. The lowest BCUT2D eigenvalue weighted by molar-refractivity contribution is 0.0947. The minimum Gasteiger partial charge on any atom is -0.489 e. The summed E-state index contributed by atoms with van der Waals surface area (Å²) in [5.74, 6) is 0.754. The van der Waals surface area contributed by atoms with Crippen LogP contribution < -0.4 is 10.1 Å². The molecule has 1 N–H and O–H groups in total. The van der Waals surface area contributed by atoms with Gasteiger partial charge in [0.2, 0.25) is 0 Å². The second kappa shape index (κ2) is 8.29. The average Bonchev–Trinajstić information content (AvgIpc) is 3.39. The number of aromatic nitrogens is 1. The van der Waals surface area contributed by atoms with Crippen LogP contribution >= 0.6 is 22.9 Å². The maximum Gasteiger partial charge on any atom is 0.270 e. The van der Waals surface area contributed by atoms with E-state index in [-0.39, 0.29) is 18.3 Å². The zero-order chi connectivity index (χ0) is 19.5. The van der Waals surface area contributed by atoms with Gasteiger partial charge in [0, 0.05) is 17.5 Å². The van der Waals surface area contributed by atoms with Crippen LogP contribution in [-0.2, 0) is 6.61 Å². The van der Waals surface area contributed by atoms with Crippen molar-refractivity contribution in [1.29, 1.82) is 0 Å². The number of hydrogen-bond donors (Lipinski definition) is 1. The molecule has 1 saturated carbocycles. The maximum atomic E-state index is 13.2. The number of thiazole rings is 1. The molecule has 0 unspecified atom stereocenters. The van der Waals surface area contributed by atoms with Crippen molar-refractivity contribution in [2.45, 2.75) is 19.4 Å². The van der Waals surface area contributed by atoms with E-state index >= 15 is 0 Å². The fourth-order valence-electron chi connectivity index (χ4n) is 2.70. The molecular weight excluding hydrogens is 399 g/mol. The summed E-state index contributed by atoms with van der Waals surface area (Å²) < 4.78 is 18.9. The minimum absolute atomic E-state index is 0.152. The molecule has 1 aliphatic rings. The molecule has 1 amide bonds. The monoisotopic (exact) mass is 416 g/mol. The van der Waals surface area contributed by atoms with Crippen LogP contribution in [0.25, 0.3) is 10.6 Å². The third kappa shape index (κ3) is 4.69. The number of nitrogens with one attached hydrogen (secondary N) is 1. The highest BCUT2D eigenvalue weighted by molar-refractivity contribution is 7.13. The Morgan fingerprint density at radius 3 is 2.89 bits per heavy atom. The van der Waals surface area contributed by atoms with Gasteiger partial charge in [0.05, 0.1) is 5.02 Å². The van der Waals surface area contributed by atoms with Gasteiger partial charge in [-0.3, -0.25) is 4.79 Å². The lowest BCUT2D eigenvalue weighted by atomic mass is 10.2. The van der Waals surface area contributed by atoms with Crippen molar-refractivity contribution < 1.29 is 13.9 Å². The first-order valence-corrected chi connectivity index (χ1v) is 10.2. The third-order valence-electron chi connectivity index (χ3n) is 4.45. The first-order valence-electron chi connectivity index (χ1n) is 8.99. The second-order valence-corrected chi connectivity index (χ2v) is 8.02. The normalized spacial score (nSPS) is 13.4. The van der Waals surface area contributed by atoms with E-state index < -0.39 is 0 Å². The minimum atomic E-state index is -0.296. The molecular formula is C21H18ClFN2O2S. The van der Waals surface area contributed by atoms with E-state index in [2.05, 4.69) is 10.3 Å². The maximum absolute atomic E-state index is 13.2. The Kier molecular flexibility index (Phi) is 5.59. The van der Waals surface area contributed by atoms with Gasteiger partial charge in [-0.2, -0.15) is 0 Å². The molecule has 0 atom stereocenters. The predicted molar refractivity (Wildman–Crippen MR) is 108 cm³/mol. The standard InChI is InChI=1S/C21H18ClFN2O2S/c22-18-9-16(27-11-14-2-1-3-15(23)8-14)6-7-17(18)21-25-19(12-28-21)20(26)24-10-13-4-5-13/h1-3,6-9,12-13H,4-5,10-11H2,(H,24,26). The van der Waals surface area contributed by atoms with E-state index in [1.807, 2.05) is 6.07 Å². The van der Waals surface area contributed by atoms with Crippen LogP contribution in [-0.4, -0.2) is 17.4 Å². The molecule has 0 aliphatic heterocycles. The average molecular weight is 417 g/mol. The largest absolute Gasteiger partial charge is 0.489 e. The molecule has 4 rings (SSSR count). The van der Waals surface area contributed by atoms with Crippen molar-refractivity contribution in [1.82, 2.24) is 10.3 Å². The van der Waals surface area contributed by atoms with E-state index in [9.17, 15) is 9.18 Å². The molecule has 0 radical (unpaired) electrons. The molecule has 3 aromatic rings. The number of carbonyl (C=O) groups excluding carboxylic acids is 1. The highest BCUT2D eigenvalue weighted by Gasteiger charge is 2.22. The summed E-state index contributed by atoms with van der Waals surface area (Å²) in [6, 6.07) is 11.6. The summed E-state index contributed by atoms with van der Waals surface area (Å²) in [5, 5.41) is 5.81. The first kappa shape index (κ1) is 18.9. The van der Waals surface area contributed by atoms with Crippen LogP contribution in [0, 0.1) is 11.7 Å². The number of nitrogens with zero attached hydrogens (tertiary/aromatic N) is 1. The molecule has 0 spiro atoms. The Labute approximate surface area is 171 Å². The van der Waals surface area contributed by atoms with Crippen LogP contribution in [0.3, 0.4) is 0 Å². The molecule has 2 aromatic carbocycles. The van der Waals surface area contributed by atoms with Gasteiger partial charge in [-0.1, -0.05) is 23.7 Å². The molecule has 1 heterocycles. The summed E-state index contributed by atoms with van der Waals surface area (Å²) in [6.45, 7) is 0.958. The van der Waals surface area contributed by atoms with Crippen molar-refractivity contribution in [2.75, 3.05) is 6.54 Å². The number of hydrogen-bond acceptors (Lipinski definition) is 4. The van der Waals surface area contributed by atoms with Crippen LogP contribution in [0.5, 0.6) is 5.75 Å². The molecule has 0 bridgehead atoms. The number of amides is 1. The highest BCUT2D eigenvalue weighted by Crippen LogP contribution is 2.33. The Bertz CT molecular complexity index is 1000. The number of rotatable bonds is 7. The molecule has 1 aromatic heterocycles. The van der Waals surface area contributed by atoms with Gasteiger partial charge >= 0.3 is 0 Å². The van der Waals surface area contributed by atoms with Gasteiger partial charge in [-0.05, 0) is 54.7 Å². The lowest BCUT2D eigenvalue weighted by Crippen LogP contribution is -2.25. The summed E-state index contributed by atoms with van der Waals surface area (Å²) in [4.78, 5) is 16.6. The van der Waals surface area contributed by atoms with E-state index in [4.69, 9.17) is 16.3 Å². The molecule has 144 valence electrons. The zero-order valence-electron chi connectivity index (χ0n) is 15.0. The molecule has 7 heteroatoms. The Morgan fingerprint density at radius 2 is 2.14 bits per heavy atom. The van der Waals surface area contributed by atoms with Crippen molar-refractivity contribution in [2.24, 2.45) is 5.92 Å². The van der Waals surface area contributed by atoms with Crippen LogP contribution in [0.1, 0.15) is 28.9 Å². The summed E-state index contributed by atoms with van der Waals surface area (Å²) in [5.41, 5.74) is 1.89. The molecule has 28 heavy (non-hydrogen) atoms. The smallest absolute Gasteiger partial charge is 0.270 e. The molecule has 1 aliphatic carbocycles. The van der Waals surface area contributed by atoms with Gasteiger partial charge in [-0.25, -0.2) is 9.37 Å². The summed E-state index contributed by atoms with van der Waals surface area (Å²) in [6.07, 6.45) is 2.37. The van der Waals surface area contributed by atoms with E-state index in [0.29, 0.717) is 33.9 Å². The van der Waals surface area contributed by atoms with E-state index in [1.165, 1.54) is 36.3 Å². The summed E-state index contributed by atoms with van der Waals surface area (Å²) >= 11 is 7.77. The third-order valence-corrected chi connectivity index (χ3v) is 5.64. The zero-order valence-corrected chi connectivity index (χ0v) is 16.5. The van der Waals surface area contributed by atoms with Crippen molar-refractivity contribution >= 4 is 28.8 Å². The van der Waals surface area contributed by atoms with E-state index in [0.717, 1.165) is 11.1 Å². The number of carbonyl (C=O) groups is 1. The number of halogens is 2. The fourth-order valence-corrected chi connectivity index (χ4v) is 3.86. The first-order chi connectivity index (χ1) is 13.6. The molecule has 4 nitrogen and oxygen atoms in total. The highest BCUT2D eigenvalue weighted by atomic mass is 35.5. The van der Waals surface area contributed by atoms with Crippen LogP contribution in [0.4, 0.5) is 4.39 Å². The van der Waals surface area contributed by atoms with E-state index in [1.54, 1.807) is 29.6 Å². The quantitative estimate of drug-likeness (QED) is 0.567. The Hall–Kier alpha value is -2.44. The van der Waals surface area contributed by atoms with Gasteiger partial charge in [-0.15, -0.1) is 11.3 Å². The number of ether oxygens (including phenoxy) is 1. The van der Waals surface area contributed by atoms with Crippen molar-refractivity contribution in [3.8, 4) is 16.3 Å². The van der Waals surface area contributed by atoms with Crippen molar-refractivity contribution in [3.05, 3.63) is 69.9 Å². The molecule has 0 saturated heterocycles. The van der Waals surface area contributed by atoms with Gasteiger partial charge < -0.3 is 10.1 Å². The fraction of sp³-hybridized carbons (Fsp3) is 0.238. The molecule has 1 fully saturated rings. The lowest BCUT2D eigenvalue weighted by Gasteiger charge is -2.08.